The topological polar surface area (TPSA) is 91.2 Å². The Bertz CT molecular complexity index is 553. The maximum Gasteiger partial charge on any atom is 0.183 e. The Kier molecular flexibility index (Phi) is 2.91. The number of aromatic hydroxyl groups is 2. The highest BCUT2D eigenvalue weighted by Gasteiger charge is 2.07. The number of phenolic OH excluding ortho intramolecular Hbond substituents is 2. The third-order valence-electron chi connectivity index (χ3n) is 2.20. The van der Waals surface area contributed by atoms with Gasteiger partial charge in [-0.25, -0.2) is 0 Å². The lowest BCUT2D eigenvalue weighted by molar-refractivity contribution is 0.406. The van der Waals surface area contributed by atoms with E-state index in [9.17, 15) is 10.2 Å². The van der Waals surface area contributed by atoms with Crippen molar-refractivity contribution >= 4 is 17.1 Å². The molecule has 0 atom stereocenters. The second kappa shape index (κ2) is 4.52. The van der Waals surface area contributed by atoms with Gasteiger partial charge in [0.25, 0.3) is 0 Å². The van der Waals surface area contributed by atoms with Crippen LogP contribution in [0.15, 0.2) is 52.7 Å². The molecule has 0 radical (unpaired) electrons. The van der Waals surface area contributed by atoms with Gasteiger partial charge in [0.05, 0.1) is 5.69 Å². The minimum atomic E-state index is -0.380. The number of anilines is 1. The molecule has 0 aliphatic carbocycles. The number of nitrogens with two attached hydrogens (primary N) is 1. The second-order valence-electron chi connectivity index (χ2n) is 3.40. The van der Waals surface area contributed by atoms with Crippen LogP contribution in [0.1, 0.15) is 0 Å². The summed E-state index contributed by atoms with van der Waals surface area (Å²) in [5.41, 5.74) is 6.58. The molecular weight excluding hydrogens is 218 g/mol. The van der Waals surface area contributed by atoms with Crippen LogP contribution in [-0.2, 0) is 0 Å². The Morgan fingerprint density at radius 1 is 0.882 bits per heavy atom. The van der Waals surface area contributed by atoms with Crippen LogP contribution in [0.25, 0.3) is 0 Å². The van der Waals surface area contributed by atoms with Crippen LogP contribution >= 0.6 is 0 Å². The fourth-order valence-corrected chi connectivity index (χ4v) is 1.28. The number of hydrogen-bond donors (Lipinski definition) is 3. The zero-order chi connectivity index (χ0) is 12.3. The van der Waals surface area contributed by atoms with Crippen molar-refractivity contribution in [3.63, 3.8) is 0 Å². The van der Waals surface area contributed by atoms with Crippen LogP contribution in [0.4, 0.5) is 17.1 Å². The lowest BCUT2D eigenvalue weighted by atomic mass is 10.2. The molecule has 2 rings (SSSR count). The van der Waals surface area contributed by atoms with Gasteiger partial charge in [0, 0.05) is 0 Å². The predicted molar refractivity (Wildman–Crippen MR) is 64.8 cm³/mol. The summed E-state index contributed by atoms with van der Waals surface area (Å²) in [5, 5.41) is 26.5. The predicted octanol–water partition coefficient (Wildman–Crippen LogP) is 3.10. The monoisotopic (exact) mass is 229 g/mol. The standard InChI is InChI=1S/C12H11N3O2/c13-11-9(6-7-10(16)12(11)17)15-14-8-4-2-1-3-5-8/h1-7,16-17H,13H2. The molecule has 0 amide bonds. The Morgan fingerprint density at radius 2 is 1.59 bits per heavy atom. The summed E-state index contributed by atoms with van der Waals surface area (Å²) in [5.74, 6) is -0.657. The highest BCUT2D eigenvalue weighted by Crippen LogP contribution is 2.38. The number of nitrogens with zero attached hydrogens (tertiary/aromatic N) is 2. The first-order valence-corrected chi connectivity index (χ1v) is 4.95. The largest absolute Gasteiger partial charge is 0.504 e. The van der Waals surface area contributed by atoms with Crippen LogP contribution in [0.3, 0.4) is 0 Å². The smallest absolute Gasteiger partial charge is 0.183 e. The van der Waals surface area contributed by atoms with Gasteiger partial charge in [-0.15, -0.1) is 5.11 Å². The van der Waals surface area contributed by atoms with Gasteiger partial charge in [0.2, 0.25) is 0 Å². The average molecular weight is 229 g/mol. The molecule has 0 aromatic heterocycles. The van der Waals surface area contributed by atoms with Gasteiger partial charge in [0.1, 0.15) is 11.4 Å². The molecule has 4 N–H and O–H groups in total. The minimum Gasteiger partial charge on any atom is -0.504 e. The summed E-state index contributed by atoms with van der Waals surface area (Å²) in [6.45, 7) is 0. The first kappa shape index (κ1) is 10.9. The van der Waals surface area contributed by atoms with Gasteiger partial charge in [-0.3, -0.25) is 0 Å². The molecule has 0 heterocycles. The summed E-state index contributed by atoms with van der Waals surface area (Å²) in [6, 6.07) is 11.9. The van der Waals surface area contributed by atoms with Crippen LogP contribution < -0.4 is 5.73 Å². The molecule has 5 heteroatoms. The maximum absolute atomic E-state index is 9.41. The molecule has 0 aliphatic rings. The van der Waals surface area contributed by atoms with Gasteiger partial charge >= 0.3 is 0 Å². The van der Waals surface area contributed by atoms with Crippen molar-refractivity contribution in [3.8, 4) is 11.5 Å². The molecule has 86 valence electrons. The Labute approximate surface area is 97.9 Å². The van der Waals surface area contributed by atoms with Crippen molar-refractivity contribution in [3.05, 3.63) is 42.5 Å². The lowest BCUT2D eigenvalue weighted by Gasteiger charge is -2.03. The van der Waals surface area contributed by atoms with E-state index in [1.54, 1.807) is 12.1 Å². The molecule has 2 aromatic carbocycles. The maximum atomic E-state index is 9.41. The van der Waals surface area contributed by atoms with Crippen molar-refractivity contribution < 1.29 is 10.2 Å². The first-order chi connectivity index (χ1) is 8.18. The van der Waals surface area contributed by atoms with Gasteiger partial charge in [-0.1, -0.05) is 18.2 Å². The number of azo groups is 1. The van der Waals surface area contributed by atoms with E-state index < -0.39 is 0 Å². The summed E-state index contributed by atoms with van der Waals surface area (Å²) < 4.78 is 0. The summed E-state index contributed by atoms with van der Waals surface area (Å²) >= 11 is 0. The summed E-state index contributed by atoms with van der Waals surface area (Å²) in [4.78, 5) is 0. The molecule has 0 spiro atoms. The molecule has 0 saturated carbocycles. The fraction of sp³-hybridized carbons (Fsp3) is 0. The second-order valence-corrected chi connectivity index (χ2v) is 3.40. The van der Waals surface area contributed by atoms with Crippen molar-refractivity contribution in [1.82, 2.24) is 0 Å². The summed E-state index contributed by atoms with van der Waals surface area (Å²) in [7, 11) is 0. The lowest BCUT2D eigenvalue weighted by Crippen LogP contribution is -1.86. The third-order valence-corrected chi connectivity index (χ3v) is 2.20. The van der Waals surface area contributed by atoms with E-state index in [2.05, 4.69) is 10.2 Å². The van der Waals surface area contributed by atoms with Gasteiger partial charge in [-0.05, 0) is 24.3 Å². The third kappa shape index (κ3) is 2.34. The molecule has 5 nitrogen and oxygen atoms in total. The van der Waals surface area contributed by atoms with E-state index in [1.807, 2.05) is 18.2 Å². The van der Waals surface area contributed by atoms with E-state index in [-0.39, 0.29) is 17.2 Å². The van der Waals surface area contributed by atoms with Gasteiger partial charge in [-0.2, -0.15) is 5.11 Å². The molecule has 0 aliphatic heterocycles. The first-order valence-electron chi connectivity index (χ1n) is 4.95. The highest BCUT2D eigenvalue weighted by atomic mass is 16.3. The summed E-state index contributed by atoms with van der Waals surface area (Å²) in [6.07, 6.45) is 0. The average Bonchev–Trinajstić information content (AvgIpc) is 2.36. The Balaban J connectivity index is 2.31. The van der Waals surface area contributed by atoms with E-state index in [0.717, 1.165) is 0 Å². The van der Waals surface area contributed by atoms with Crippen LogP contribution in [0.2, 0.25) is 0 Å². The van der Waals surface area contributed by atoms with Crippen LogP contribution in [0.5, 0.6) is 11.5 Å². The van der Waals surface area contributed by atoms with Crippen molar-refractivity contribution in [2.75, 3.05) is 5.73 Å². The van der Waals surface area contributed by atoms with E-state index in [4.69, 9.17) is 5.73 Å². The van der Waals surface area contributed by atoms with E-state index in [1.165, 1.54) is 12.1 Å². The molecule has 0 bridgehead atoms. The molecular formula is C12H11N3O2. The number of nitrogen functional groups attached to an aromatic ring is 1. The molecule has 17 heavy (non-hydrogen) atoms. The Hall–Kier alpha value is -2.56. The number of phenols is 2. The zero-order valence-corrected chi connectivity index (χ0v) is 8.91. The molecule has 0 unspecified atom stereocenters. The van der Waals surface area contributed by atoms with Crippen LogP contribution in [0, 0.1) is 0 Å². The Morgan fingerprint density at radius 3 is 2.29 bits per heavy atom. The van der Waals surface area contributed by atoms with Gasteiger partial charge in [0.15, 0.2) is 11.5 Å². The molecule has 0 fully saturated rings. The molecule has 0 saturated heterocycles. The van der Waals surface area contributed by atoms with E-state index >= 15 is 0 Å². The van der Waals surface area contributed by atoms with Crippen LogP contribution in [-0.4, -0.2) is 10.2 Å². The number of hydrogen-bond acceptors (Lipinski definition) is 5. The zero-order valence-electron chi connectivity index (χ0n) is 8.91. The fourth-order valence-electron chi connectivity index (χ4n) is 1.28. The molecule has 2 aromatic rings. The van der Waals surface area contributed by atoms with Crippen molar-refractivity contribution in [1.29, 1.82) is 0 Å². The SMILES string of the molecule is Nc1c(N=Nc2ccccc2)ccc(O)c1O. The number of rotatable bonds is 2. The van der Waals surface area contributed by atoms with Crippen molar-refractivity contribution in [2.45, 2.75) is 0 Å². The number of benzene rings is 2. The van der Waals surface area contributed by atoms with Gasteiger partial charge < -0.3 is 15.9 Å². The van der Waals surface area contributed by atoms with Crippen molar-refractivity contribution in [2.24, 2.45) is 10.2 Å². The van der Waals surface area contributed by atoms with E-state index in [0.29, 0.717) is 11.4 Å². The quantitative estimate of drug-likeness (QED) is 0.419. The minimum absolute atomic E-state index is 0.00433. The highest BCUT2D eigenvalue weighted by molar-refractivity contribution is 5.73. The normalized spacial score (nSPS) is 10.8.